The number of rotatable bonds is 11. The molecule has 0 aromatic rings. The normalized spacial score (nSPS) is 18.6. The molecule has 1 atom stereocenters. The van der Waals surface area contributed by atoms with Crippen LogP contribution < -0.4 is 11.2 Å². The minimum Gasteiger partial charge on any atom is -0.379 e. The number of hydrazine groups is 1. The third kappa shape index (κ3) is 8.58. The Kier molecular flexibility index (Phi) is 10.4. The van der Waals surface area contributed by atoms with Gasteiger partial charge >= 0.3 is 0 Å². The van der Waals surface area contributed by atoms with Gasteiger partial charge < -0.3 is 10.5 Å². The molecule has 0 aromatic heterocycles. The molecule has 19 heavy (non-hydrogen) atoms. The van der Waals surface area contributed by atoms with Crippen LogP contribution in [0.3, 0.4) is 0 Å². The summed E-state index contributed by atoms with van der Waals surface area (Å²) in [6.07, 6.45) is 10.8. The molecule has 0 bridgehead atoms. The largest absolute Gasteiger partial charge is 0.379 e. The standard InChI is InChI=1S/C15H33N3O/c1-2-3-4-5-6-7-8-9-15(14-16)17-18-10-12-19-13-11-18/h15,17H,2-14,16H2,1H3. The predicted octanol–water partition coefficient (Wildman–Crippen LogP) is 2.29. The van der Waals surface area contributed by atoms with E-state index in [1.165, 1.54) is 51.4 Å². The molecule has 114 valence electrons. The summed E-state index contributed by atoms with van der Waals surface area (Å²) in [6, 6.07) is 0.439. The van der Waals surface area contributed by atoms with Crippen molar-refractivity contribution in [2.45, 2.75) is 64.3 Å². The van der Waals surface area contributed by atoms with Crippen LogP contribution in [-0.4, -0.2) is 43.9 Å². The topological polar surface area (TPSA) is 50.5 Å². The zero-order valence-corrected chi connectivity index (χ0v) is 12.7. The van der Waals surface area contributed by atoms with Gasteiger partial charge in [-0.3, -0.25) is 5.43 Å². The van der Waals surface area contributed by atoms with E-state index in [0.717, 1.165) is 32.8 Å². The van der Waals surface area contributed by atoms with Crippen LogP contribution in [0, 0.1) is 0 Å². The van der Waals surface area contributed by atoms with E-state index in [0.29, 0.717) is 6.04 Å². The predicted molar refractivity (Wildman–Crippen MR) is 81.0 cm³/mol. The van der Waals surface area contributed by atoms with Crippen LogP contribution in [0.15, 0.2) is 0 Å². The lowest BCUT2D eigenvalue weighted by Gasteiger charge is -2.31. The van der Waals surface area contributed by atoms with E-state index in [1.54, 1.807) is 0 Å². The first kappa shape index (κ1) is 16.9. The molecule has 1 rings (SSSR count). The second-order valence-corrected chi connectivity index (χ2v) is 5.57. The second-order valence-electron chi connectivity index (χ2n) is 5.57. The lowest BCUT2D eigenvalue weighted by Crippen LogP contribution is -2.52. The van der Waals surface area contributed by atoms with Crippen LogP contribution >= 0.6 is 0 Å². The van der Waals surface area contributed by atoms with Crippen LogP contribution in [0.1, 0.15) is 58.3 Å². The number of hydrogen-bond donors (Lipinski definition) is 2. The van der Waals surface area contributed by atoms with Crippen molar-refractivity contribution in [3.05, 3.63) is 0 Å². The Hall–Kier alpha value is -0.160. The summed E-state index contributed by atoms with van der Waals surface area (Å²) >= 11 is 0. The fourth-order valence-corrected chi connectivity index (χ4v) is 2.53. The van der Waals surface area contributed by atoms with Crippen LogP contribution in [0.5, 0.6) is 0 Å². The van der Waals surface area contributed by atoms with E-state index in [-0.39, 0.29) is 0 Å². The molecule has 4 heteroatoms. The van der Waals surface area contributed by atoms with Gasteiger partial charge in [-0.25, -0.2) is 5.01 Å². The monoisotopic (exact) mass is 271 g/mol. The first-order valence-electron chi connectivity index (χ1n) is 8.15. The highest BCUT2D eigenvalue weighted by atomic mass is 16.5. The fourth-order valence-electron chi connectivity index (χ4n) is 2.53. The van der Waals surface area contributed by atoms with Crippen molar-refractivity contribution in [3.8, 4) is 0 Å². The molecule has 1 unspecified atom stereocenters. The summed E-state index contributed by atoms with van der Waals surface area (Å²) in [5, 5.41) is 2.27. The summed E-state index contributed by atoms with van der Waals surface area (Å²) in [5.41, 5.74) is 9.40. The van der Waals surface area contributed by atoms with Gasteiger partial charge in [0, 0.05) is 25.7 Å². The van der Waals surface area contributed by atoms with Crippen molar-refractivity contribution in [2.24, 2.45) is 5.73 Å². The summed E-state index contributed by atoms with van der Waals surface area (Å²) in [5.74, 6) is 0. The Balaban J connectivity index is 1.98. The smallest absolute Gasteiger partial charge is 0.0608 e. The number of morpholine rings is 1. The lowest BCUT2D eigenvalue weighted by atomic mass is 10.1. The van der Waals surface area contributed by atoms with Gasteiger partial charge in [-0.2, -0.15) is 0 Å². The van der Waals surface area contributed by atoms with Crippen molar-refractivity contribution in [1.82, 2.24) is 10.4 Å². The highest BCUT2D eigenvalue weighted by Crippen LogP contribution is 2.10. The van der Waals surface area contributed by atoms with Crippen LogP contribution in [0.2, 0.25) is 0 Å². The van der Waals surface area contributed by atoms with Gasteiger partial charge in [0.05, 0.1) is 13.2 Å². The van der Waals surface area contributed by atoms with Crippen molar-refractivity contribution in [2.75, 3.05) is 32.8 Å². The average Bonchev–Trinajstić information content (AvgIpc) is 2.46. The van der Waals surface area contributed by atoms with E-state index >= 15 is 0 Å². The minimum atomic E-state index is 0.439. The van der Waals surface area contributed by atoms with E-state index < -0.39 is 0 Å². The Morgan fingerprint density at radius 3 is 2.32 bits per heavy atom. The van der Waals surface area contributed by atoms with E-state index in [9.17, 15) is 0 Å². The molecule has 1 heterocycles. The van der Waals surface area contributed by atoms with Crippen molar-refractivity contribution in [3.63, 3.8) is 0 Å². The van der Waals surface area contributed by atoms with Gasteiger partial charge in [0.2, 0.25) is 0 Å². The molecule has 0 radical (unpaired) electrons. The maximum atomic E-state index is 5.85. The number of ether oxygens (including phenoxy) is 1. The van der Waals surface area contributed by atoms with Gasteiger partial charge in [-0.15, -0.1) is 0 Å². The third-order valence-electron chi connectivity index (χ3n) is 3.82. The first-order valence-corrected chi connectivity index (χ1v) is 8.15. The van der Waals surface area contributed by atoms with E-state index in [1.807, 2.05) is 0 Å². The molecule has 0 aliphatic carbocycles. The molecule has 0 amide bonds. The number of nitrogens with zero attached hydrogens (tertiary/aromatic N) is 1. The van der Waals surface area contributed by atoms with Gasteiger partial charge in [0.1, 0.15) is 0 Å². The van der Waals surface area contributed by atoms with Crippen molar-refractivity contribution >= 4 is 0 Å². The molecule has 1 aliphatic heterocycles. The minimum absolute atomic E-state index is 0.439. The Labute approximate surface area is 119 Å². The average molecular weight is 271 g/mol. The third-order valence-corrected chi connectivity index (χ3v) is 3.82. The van der Waals surface area contributed by atoms with Crippen molar-refractivity contribution < 1.29 is 4.74 Å². The molecule has 0 aromatic carbocycles. The molecular formula is C15H33N3O. The first-order chi connectivity index (χ1) is 9.36. The highest BCUT2D eigenvalue weighted by Gasteiger charge is 2.14. The van der Waals surface area contributed by atoms with Gasteiger partial charge in [0.15, 0.2) is 0 Å². The summed E-state index contributed by atoms with van der Waals surface area (Å²) < 4.78 is 5.35. The SMILES string of the molecule is CCCCCCCCCC(CN)NN1CCOCC1. The molecule has 1 fully saturated rings. The zero-order valence-electron chi connectivity index (χ0n) is 12.7. The quantitative estimate of drug-likeness (QED) is 0.566. The fraction of sp³-hybridized carbons (Fsp3) is 1.00. The molecule has 1 aliphatic rings. The molecule has 3 N–H and O–H groups in total. The zero-order chi connectivity index (χ0) is 13.8. The maximum Gasteiger partial charge on any atom is 0.0608 e. The van der Waals surface area contributed by atoms with Gasteiger partial charge in [-0.05, 0) is 6.42 Å². The number of unbranched alkanes of at least 4 members (excludes halogenated alkanes) is 6. The maximum absolute atomic E-state index is 5.85. The number of hydrogen-bond acceptors (Lipinski definition) is 4. The molecule has 0 spiro atoms. The molecule has 0 saturated carbocycles. The summed E-state index contributed by atoms with van der Waals surface area (Å²) in [6.45, 7) is 6.63. The van der Waals surface area contributed by atoms with E-state index in [4.69, 9.17) is 10.5 Å². The molecular weight excluding hydrogens is 238 g/mol. The summed E-state index contributed by atoms with van der Waals surface area (Å²) in [4.78, 5) is 0. The number of nitrogens with two attached hydrogens (primary N) is 1. The number of nitrogens with one attached hydrogen (secondary N) is 1. The molecule has 4 nitrogen and oxygen atoms in total. The Bertz CT molecular complexity index is 196. The lowest BCUT2D eigenvalue weighted by molar-refractivity contribution is 0.00342. The highest BCUT2D eigenvalue weighted by molar-refractivity contribution is 4.68. The van der Waals surface area contributed by atoms with Crippen LogP contribution in [0.25, 0.3) is 0 Å². The molecule has 1 saturated heterocycles. The van der Waals surface area contributed by atoms with E-state index in [2.05, 4.69) is 17.4 Å². The second kappa shape index (κ2) is 11.6. The van der Waals surface area contributed by atoms with Crippen LogP contribution in [0.4, 0.5) is 0 Å². The van der Waals surface area contributed by atoms with Gasteiger partial charge in [0.25, 0.3) is 0 Å². The van der Waals surface area contributed by atoms with Crippen molar-refractivity contribution in [1.29, 1.82) is 0 Å². The Morgan fingerprint density at radius 1 is 1.05 bits per heavy atom. The van der Waals surface area contributed by atoms with Gasteiger partial charge in [-0.1, -0.05) is 51.9 Å². The Morgan fingerprint density at radius 2 is 1.68 bits per heavy atom. The summed E-state index contributed by atoms with van der Waals surface area (Å²) in [7, 11) is 0. The van der Waals surface area contributed by atoms with Crippen LogP contribution in [-0.2, 0) is 4.74 Å².